The molecule has 2 N–H and O–H groups in total. The van der Waals surface area contributed by atoms with Crippen molar-refractivity contribution in [3.8, 4) is 5.75 Å². The highest BCUT2D eigenvalue weighted by Crippen LogP contribution is 2.44. The van der Waals surface area contributed by atoms with Gasteiger partial charge in [0.05, 0.1) is 0 Å². The number of carbonyl (C=O) groups excluding carboxylic acids is 1. The molecule has 0 saturated carbocycles. The van der Waals surface area contributed by atoms with Gasteiger partial charge in [-0.1, -0.05) is 61.0 Å². The molecule has 6 nitrogen and oxygen atoms in total. The minimum absolute atomic E-state index is 0.0407. The average molecular weight is 532 g/mol. The van der Waals surface area contributed by atoms with Crippen LogP contribution in [0.1, 0.15) is 124 Å². The van der Waals surface area contributed by atoms with Crippen LogP contribution >= 0.6 is 0 Å². The molecule has 1 aliphatic rings. The molecule has 0 aromatic heterocycles. The van der Waals surface area contributed by atoms with Gasteiger partial charge in [0.25, 0.3) is 0 Å². The lowest BCUT2D eigenvalue weighted by atomic mass is 9.73. The number of phenols is 1. The molecule has 2 rings (SSSR count). The molecular formula is C32H53NO5. The van der Waals surface area contributed by atoms with Crippen molar-refractivity contribution in [2.75, 3.05) is 7.05 Å². The molecule has 1 fully saturated rings. The van der Waals surface area contributed by atoms with E-state index in [0.29, 0.717) is 12.8 Å². The number of unbranched alkanes of at least 4 members (excludes halogenated alkanes) is 1. The summed E-state index contributed by atoms with van der Waals surface area (Å²) in [5, 5.41) is 21.6. The van der Waals surface area contributed by atoms with E-state index in [-0.39, 0.29) is 40.2 Å². The van der Waals surface area contributed by atoms with Crippen molar-refractivity contribution < 1.29 is 24.5 Å². The number of carbonyl (C=O) groups is 2. The number of likely N-dealkylation sites (tertiary alicyclic amines) is 1. The van der Waals surface area contributed by atoms with Crippen LogP contribution in [0.25, 0.3) is 0 Å². The van der Waals surface area contributed by atoms with Crippen molar-refractivity contribution in [1.82, 2.24) is 4.90 Å². The fourth-order valence-electron chi connectivity index (χ4n) is 6.07. The van der Waals surface area contributed by atoms with Crippen LogP contribution in [0.5, 0.6) is 5.75 Å². The van der Waals surface area contributed by atoms with Gasteiger partial charge in [0.15, 0.2) is 5.92 Å². The van der Waals surface area contributed by atoms with Crippen molar-refractivity contribution in [2.24, 2.45) is 5.92 Å². The summed E-state index contributed by atoms with van der Waals surface area (Å²) in [4.78, 5) is 28.2. The van der Waals surface area contributed by atoms with Gasteiger partial charge in [-0.05, 0) is 81.5 Å². The van der Waals surface area contributed by atoms with Crippen molar-refractivity contribution in [1.29, 1.82) is 0 Å². The highest BCUT2D eigenvalue weighted by molar-refractivity contribution is 5.94. The molecule has 1 unspecified atom stereocenters. The van der Waals surface area contributed by atoms with Gasteiger partial charge in [0.1, 0.15) is 11.9 Å². The summed E-state index contributed by atoms with van der Waals surface area (Å²) in [6, 6.07) is 1.93. The van der Waals surface area contributed by atoms with Crippen LogP contribution in [0.15, 0.2) is 6.07 Å². The van der Waals surface area contributed by atoms with Gasteiger partial charge in [0.2, 0.25) is 0 Å². The first-order valence-corrected chi connectivity index (χ1v) is 14.2. The third-order valence-electron chi connectivity index (χ3n) is 8.40. The molecule has 1 aromatic rings. The molecule has 6 heteroatoms. The second kappa shape index (κ2) is 11.2. The van der Waals surface area contributed by atoms with E-state index in [0.717, 1.165) is 41.5 Å². The molecule has 1 saturated heterocycles. The van der Waals surface area contributed by atoms with Crippen molar-refractivity contribution in [2.45, 2.75) is 143 Å². The van der Waals surface area contributed by atoms with Crippen LogP contribution in [-0.4, -0.2) is 51.3 Å². The predicted molar refractivity (Wildman–Crippen MR) is 154 cm³/mol. The maximum absolute atomic E-state index is 13.5. The van der Waals surface area contributed by atoms with Gasteiger partial charge in [-0.15, -0.1) is 0 Å². The minimum Gasteiger partial charge on any atom is -0.507 e. The molecule has 38 heavy (non-hydrogen) atoms. The molecule has 1 atom stereocenters. The maximum atomic E-state index is 13.5. The van der Waals surface area contributed by atoms with Gasteiger partial charge in [-0.2, -0.15) is 0 Å². The summed E-state index contributed by atoms with van der Waals surface area (Å²) < 4.78 is 5.95. The highest BCUT2D eigenvalue weighted by Gasteiger charge is 2.45. The summed E-state index contributed by atoms with van der Waals surface area (Å²) in [6.45, 7) is 22.9. The number of carboxylic acid groups (broad SMARTS) is 1. The molecule has 1 aliphatic heterocycles. The Labute approximate surface area is 231 Å². The number of piperidine rings is 1. The summed E-state index contributed by atoms with van der Waals surface area (Å²) in [5.74, 6) is -2.88. The van der Waals surface area contributed by atoms with E-state index in [1.807, 2.05) is 26.8 Å². The number of hydrogen-bond donors (Lipinski definition) is 2. The van der Waals surface area contributed by atoms with Crippen LogP contribution in [0.4, 0.5) is 0 Å². The standard InChI is InChI=1S/C32H53NO5/c1-13-14-15-22-20(17-24(29(2,3)4)26(34)25(22)30(5,6)7)16-23(27(35)36)28(37)38-21-18-31(8,9)33(12)32(10,11)19-21/h17,21,23,34H,13-16,18-19H2,1-12H3,(H,35,36). The van der Waals surface area contributed by atoms with Crippen molar-refractivity contribution in [3.05, 3.63) is 28.3 Å². The number of aliphatic carboxylic acids is 1. The third-order valence-corrected chi connectivity index (χ3v) is 8.40. The Kier molecular flexibility index (Phi) is 9.46. The van der Waals surface area contributed by atoms with Crippen molar-refractivity contribution >= 4 is 11.9 Å². The molecule has 216 valence electrons. The van der Waals surface area contributed by atoms with Crippen LogP contribution in [0.2, 0.25) is 0 Å². The quantitative estimate of drug-likeness (QED) is 0.284. The van der Waals surface area contributed by atoms with Gasteiger partial charge < -0.3 is 14.9 Å². The van der Waals surface area contributed by atoms with Gasteiger partial charge in [0, 0.05) is 29.5 Å². The zero-order chi connectivity index (χ0) is 29.4. The van der Waals surface area contributed by atoms with Crippen LogP contribution < -0.4 is 0 Å². The Balaban J connectivity index is 2.55. The van der Waals surface area contributed by atoms with E-state index in [2.05, 4.69) is 67.3 Å². The number of nitrogens with zero attached hydrogens (tertiary/aromatic N) is 1. The molecule has 1 aromatic carbocycles. The lowest BCUT2D eigenvalue weighted by Gasteiger charge is -2.53. The number of ether oxygens (including phenoxy) is 1. The largest absolute Gasteiger partial charge is 0.507 e. The number of phenolic OH excluding ortho intramolecular Hbond substituents is 1. The number of carboxylic acids is 1. The normalized spacial score (nSPS) is 19.3. The SMILES string of the molecule is CCCCc1c(CC(C(=O)O)C(=O)OC2CC(C)(C)N(C)C(C)(C)C2)cc(C(C)(C)C)c(O)c1C(C)(C)C. The Bertz CT molecular complexity index is 1010. The first-order chi connectivity index (χ1) is 17.1. The van der Waals surface area contributed by atoms with Crippen LogP contribution in [0.3, 0.4) is 0 Å². The number of aromatic hydroxyl groups is 1. The van der Waals surface area contributed by atoms with E-state index in [1.165, 1.54) is 0 Å². The smallest absolute Gasteiger partial charge is 0.320 e. The van der Waals surface area contributed by atoms with E-state index >= 15 is 0 Å². The van der Waals surface area contributed by atoms with Crippen molar-refractivity contribution in [3.63, 3.8) is 0 Å². The topological polar surface area (TPSA) is 87.1 Å². The molecule has 0 radical (unpaired) electrons. The molecule has 0 spiro atoms. The molecule has 0 aliphatic carbocycles. The number of rotatable bonds is 8. The first kappa shape index (κ1) is 32.1. The first-order valence-electron chi connectivity index (χ1n) is 14.2. The maximum Gasteiger partial charge on any atom is 0.320 e. The van der Waals surface area contributed by atoms with Gasteiger partial charge >= 0.3 is 11.9 Å². The zero-order valence-electron chi connectivity index (χ0n) is 26.0. The molecule has 0 amide bonds. The number of benzene rings is 1. The average Bonchev–Trinajstić information content (AvgIpc) is 2.72. The molecular weight excluding hydrogens is 478 g/mol. The fraction of sp³-hybridized carbons (Fsp3) is 0.750. The summed E-state index contributed by atoms with van der Waals surface area (Å²) >= 11 is 0. The van der Waals surface area contributed by atoms with Gasteiger partial charge in [-0.25, -0.2) is 0 Å². The molecule has 1 heterocycles. The van der Waals surface area contributed by atoms with E-state index in [9.17, 15) is 19.8 Å². The Morgan fingerprint density at radius 1 is 1.05 bits per heavy atom. The van der Waals surface area contributed by atoms with E-state index < -0.39 is 17.9 Å². The Morgan fingerprint density at radius 2 is 1.58 bits per heavy atom. The number of hydrogen-bond acceptors (Lipinski definition) is 5. The monoisotopic (exact) mass is 531 g/mol. The number of esters is 1. The highest BCUT2D eigenvalue weighted by atomic mass is 16.5. The fourth-order valence-corrected chi connectivity index (χ4v) is 6.07. The Hall–Kier alpha value is -2.08. The second-order valence-electron chi connectivity index (χ2n) is 14.6. The third kappa shape index (κ3) is 7.11. The second-order valence-corrected chi connectivity index (χ2v) is 14.6. The van der Waals surface area contributed by atoms with Gasteiger partial charge in [-0.3, -0.25) is 14.5 Å². The zero-order valence-corrected chi connectivity index (χ0v) is 26.0. The Morgan fingerprint density at radius 3 is 2.00 bits per heavy atom. The summed E-state index contributed by atoms with van der Waals surface area (Å²) in [7, 11) is 2.08. The lowest BCUT2D eigenvalue weighted by Crippen LogP contribution is -2.60. The minimum atomic E-state index is -1.31. The lowest BCUT2D eigenvalue weighted by molar-refractivity contribution is -0.169. The predicted octanol–water partition coefficient (Wildman–Crippen LogP) is 6.77. The summed E-state index contributed by atoms with van der Waals surface area (Å²) in [6.07, 6.45) is 3.58. The van der Waals surface area contributed by atoms with Crippen LogP contribution in [-0.2, 0) is 38.0 Å². The molecule has 0 bridgehead atoms. The summed E-state index contributed by atoms with van der Waals surface area (Å²) in [5.41, 5.74) is 2.33. The van der Waals surface area contributed by atoms with E-state index in [1.54, 1.807) is 0 Å². The van der Waals surface area contributed by atoms with E-state index in [4.69, 9.17) is 4.74 Å². The van der Waals surface area contributed by atoms with Crippen LogP contribution in [0, 0.1) is 5.92 Å².